The van der Waals surface area contributed by atoms with E-state index in [-0.39, 0.29) is 23.8 Å². The number of hydrogen-bond donors (Lipinski definition) is 2. The van der Waals surface area contributed by atoms with Gasteiger partial charge in [-0.15, -0.1) is 0 Å². The molecule has 0 aliphatic carbocycles. The highest BCUT2D eigenvalue weighted by atomic mass is 16.5. The Kier molecular flexibility index (Phi) is 3.23. The van der Waals surface area contributed by atoms with Gasteiger partial charge < -0.3 is 15.0 Å². The van der Waals surface area contributed by atoms with E-state index in [9.17, 15) is 9.59 Å². The van der Waals surface area contributed by atoms with Gasteiger partial charge in [0.15, 0.2) is 0 Å². The average molecular weight is 315 g/mol. The summed E-state index contributed by atoms with van der Waals surface area (Å²) in [5, 5.41) is 3.09. The summed E-state index contributed by atoms with van der Waals surface area (Å²) in [4.78, 5) is 26.7. The Morgan fingerprint density at radius 1 is 1.48 bits per heavy atom. The second-order valence-electron chi connectivity index (χ2n) is 6.94. The van der Waals surface area contributed by atoms with Crippen molar-refractivity contribution in [1.82, 2.24) is 0 Å². The van der Waals surface area contributed by atoms with Gasteiger partial charge in [0.05, 0.1) is 18.8 Å². The molecule has 23 heavy (non-hydrogen) atoms. The van der Waals surface area contributed by atoms with Crippen molar-refractivity contribution in [3.05, 3.63) is 29.3 Å². The fraction of sp³-hybridized carbons (Fsp3) is 0.556. The predicted molar refractivity (Wildman–Crippen MR) is 85.1 cm³/mol. The highest BCUT2D eigenvalue weighted by Crippen LogP contribution is 2.45. The average Bonchev–Trinajstić information content (AvgIpc) is 3.17. The molecule has 3 aliphatic heterocycles. The van der Waals surface area contributed by atoms with E-state index in [1.165, 1.54) is 4.90 Å². The molecule has 1 amide bonds. The molecule has 1 unspecified atom stereocenters. The summed E-state index contributed by atoms with van der Waals surface area (Å²) in [6.07, 6.45) is 2.62. The van der Waals surface area contributed by atoms with Gasteiger partial charge in [-0.05, 0) is 19.4 Å². The molecule has 4 rings (SSSR count). The van der Waals surface area contributed by atoms with Crippen LogP contribution in [0.5, 0.6) is 0 Å². The van der Waals surface area contributed by atoms with Gasteiger partial charge in [0.1, 0.15) is 12.0 Å². The summed E-state index contributed by atoms with van der Waals surface area (Å²) < 4.78 is 5.30. The van der Waals surface area contributed by atoms with Crippen LogP contribution in [0.25, 0.3) is 0 Å². The maximum atomic E-state index is 13.0. The zero-order valence-corrected chi connectivity index (χ0v) is 13.6. The van der Waals surface area contributed by atoms with Gasteiger partial charge in [-0.1, -0.05) is 18.2 Å². The molecule has 2 fully saturated rings. The molecule has 3 aliphatic rings. The highest BCUT2D eigenvalue weighted by molar-refractivity contribution is 6.06. The molecule has 2 N–H and O–H groups in total. The molecule has 4 atom stereocenters. The number of benzene rings is 1. The molecule has 0 radical (unpaired) electrons. The molecular weight excluding hydrogens is 292 g/mol. The van der Waals surface area contributed by atoms with Crippen LogP contribution in [0.15, 0.2) is 18.2 Å². The van der Waals surface area contributed by atoms with Crippen molar-refractivity contribution in [3.8, 4) is 0 Å². The minimum absolute atomic E-state index is 0.0514. The number of esters is 1. The zero-order valence-electron chi connectivity index (χ0n) is 13.6. The summed E-state index contributed by atoms with van der Waals surface area (Å²) in [5.74, 6) is -0.261. The van der Waals surface area contributed by atoms with Crippen LogP contribution in [0.2, 0.25) is 0 Å². The first-order valence-electron chi connectivity index (χ1n) is 8.54. The number of amides is 1. The molecular formula is C18H23N2O3+. The van der Waals surface area contributed by atoms with E-state index in [1.807, 2.05) is 26.0 Å². The van der Waals surface area contributed by atoms with E-state index < -0.39 is 5.54 Å². The van der Waals surface area contributed by atoms with E-state index >= 15 is 0 Å². The monoisotopic (exact) mass is 315 g/mol. The first kappa shape index (κ1) is 14.7. The fourth-order valence-corrected chi connectivity index (χ4v) is 5.00. The third-order valence-corrected chi connectivity index (χ3v) is 5.92. The first-order chi connectivity index (χ1) is 11.1. The van der Waals surface area contributed by atoms with Crippen molar-refractivity contribution in [2.75, 3.05) is 18.5 Å². The normalized spacial score (nSPS) is 34.3. The molecule has 3 heterocycles. The van der Waals surface area contributed by atoms with E-state index in [4.69, 9.17) is 4.74 Å². The van der Waals surface area contributed by atoms with Gasteiger partial charge in [-0.25, -0.2) is 0 Å². The summed E-state index contributed by atoms with van der Waals surface area (Å²) in [6, 6.07) is 6.28. The maximum absolute atomic E-state index is 13.0. The number of carbonyl (C=O) groups is 2. The third-order valence-electron chi connectivity index (χ3n) is 5.92. The van der Waals surface area contributed by atoms with E-state index in [0.717, 1.165) is 36.2 Å². The number of hydrogen-bond acceptors (Lipinski definition) is 3. The topological polar surface area (TPSA) is 59.8 Å². The molecule has 0 aromatic heterocycles. The zero-order chi connectivity index (χ0) is 16.2. The maximum Gasteiger partial charge on any atom is 0.315 e. The van der Waals surface area contributed by atoms with Gasteiger partial charge in [0.2, 0.25) is 5.54 Å². The van der Waals surface area contributed by atoms with Crippen molar-refractivity contribution < 1.29 is 19.2 Å². The highest BCUT2D eigenvalue weighted by Gasteiger charge is 2.67. The van der Waals surface area contributed by atoms with Crippen LogP contribution in [0.3, 0.4) is 0 Å². The fourth-order valence-electron chi connectivity index (χ4n) is 5.00. The predicted octanol–water partition coefficient (Wildman–Crippen LogP) is 0.773. The summed E-state index contributed by atoms with van der Waals surface area (Å²) >= 11 is 0. The van der Waals surface area contributed by atoms with Crippen molar-refractivity contribution >= 4 is 17.6 Å². The van der Waals surface area contributed by atoms with Crippen molar-refractivity contribution in [3.63, 3.8) is 0 Å². The van der Waals surface area contributed by atoms with Gasteiger partial charge in [0, 0.05) is 24.8 Å². The minimum Gasteiger partial charge on any atom is -0.466 e. The summed E-state index contributed by atoms with van der Waals surface area (Å²) in [6.45, 7) is 5.20. The molecule has 1 aromatic rings. The smallest absolute Gasteiger partial charge is 0.315 e. The minimum atomic E-state index is -0.611. The largest absolute Gasteiger partial charge is 0.466 e. The summed E-state index contributed by atoms with van der Waals surface area (Å²) in [7, 11) is 0. The van der Waals surface area contributed by atoms with Gasteiger partial charge in [-0.2, -0.15) is 0 Å². The lowest BCUT2D eigenvalue weighted by Gasteiger charge is -2.29. The Morgan fingerprint density at radius 3 is 3.09 bits per heavy atom. The van der Waals surface area contributed by atoms with Crippen LogP contribution in [0, 0.1) is 12.8 Å². The second-order valence-corrected chi connectivity index (χ2v) is 6.94. The third kappa shape index (κ3) is 1.83. The van der Waals surface area contributed by atoms with Crippen LogP contribution in [0.1, 0.15) is 37.3 Å². The Balaban J connectivity index is 1.81. The lowest BCUT2D eigenvalue weighted by Crippen LogP contribution is -3.19. The lowest BCUT2D eigenvalue weighted by atomic mass is 9.84. The number of anilines is 1. The van der Waals surface area contributed by atoms with E-state index in [0.29, 0.717) is 13.0 Å². The van der Waals surface area contributed by atoms with Crippen LogP contribution < -0.4 is 10.2 Å². The van der Waals surface area contributed by atoms with Crippen molar-refractivity contribution in [2.24, 2.45) is 5.92 Å². The van der Waals surface area contributed by atoms with Crippen LogP contribution in [-0.4, -0.2) is 31.1 Å². The van der Waals surface area contributed by atoms with Gasteiger partial charge in [-0.3, -0.25) is 9.59 Å². The van der Waals surface area contributed by atoms with E-state index in [2.05, 4.69) is 11.4 Å². The molecule has 0 saturated carbocycles. The Hall–Kier alpha value is -1.88. The standard InChI is InChI=1S/C18H22N2O3/c1-3-23-16(21)12-10-18(20-9-5-8-14(12)20)13-7-4-6-11(2)15(13)19-17(18)22/h4,6-7,12,14H,3,5,8-10H2,1-2H3,(H,19,22)/p+1/t12-,14+,18+/m0/s1. The number of nitrogens with one attached hydrogen (secondary N) is 2. The molecule has 1 spiro atoms. The van der Waals surface area contributed by atoms with Crippen LogP contribution in [0.4, 0.5) is 5.69 Å². The number of rotatable bonds is 2. The molecule has 0 bridgehead atoms. The SMILES string of the molecule is CCOC(=O)[C@H]1C[C@@]2(C(=O)Nc3c(C)cccc32)[NH+]2CCC[C@H]12. The van der Waals surface area contributed by atoms with Crippen molar-refractivity contribution in [2.45, 2.75) is 44.7 Å². The number of para-hydroxylation sites is 1. The lowest BCUT2D eigenvalue weighted by molar-refractivity contribution is -0.947. The van der Waals surface area contributed by atoms with Gasteiger partial charge >= 0.3 is 5.97 Å². The molecule has 5 nitrogen and oxygen atoms in total. The quantitative estimate of drug-likeness (QED) is 0.793. The van der Waals surface area contributed by atoms with E-state index in [1.54, 1.807) is 0 Å². The first-order valence-corrected chi connectivity index (χ1v) is 8.54. The second kappa shape index (κ2) is 5.06. The number of aryl methyl sites for hydroxylation is 1. The van der Waals surface area contributed by atoms with Crippen molar-refractivity contribution in [1.29, 1.82) is 0 Å². The Bertz CT molecular complexity index is 687. The Labute approximate surface area is 136 Å². The molecule has 2 saturated heterocycles. The molecule has 122 valence electrons. The number of quaternary nitrogens is 1. The number of fused-ring (bicyclic) bond motifs is 4. The van der Waals surface area contributed by atoms with Crippen LogP contribution >= 0.6 is 0 Å². The number of ether oxygens (including phenoxy) is 1. The molecule has 5 heteroatoms. The Morgan fingerprint density at radius 2 is 2.30 bits per heavy atom. The number of carbonyl (C=O) groups excluding carboxylic acids is 2. The molecule has 1 aromatic carbocycles. The van der Waals surface area contributed by atoms with Crippen LogP contribution in [-0.2, 0) is 19.9 Å². The summed E-state index contributed by atoms with van der Waals surface area (Å²) in [5.41, 5.74) is 2.48. The van der Waals surface area contributed by atoms with Gasteiger partial charge in [0.25, 0.3) is 5.91 Å².